The molecule has 5 heteroatoms. The highest BCUT2D eigenvalue weighted by molar-refractivity contribution is 9.09. The van der Waals surface area contributed by atoms with E-state index in [0.717, 1.165) is 31.4 Å². The zero-order valence-corrected chi connectivity index (χ0v) is 12.3. The van der Waals surface area contributed by atoms with E-state index in [1.54, 1.807) is 6.07 Å². The minimum Gasteiger partial charge on any atom is -0.491 e. The van der Waals surface area contributed by atoms with E-state index in [9.17, 15) is 4.39 Å². The number of ether oxygens (including phenoxy) is 2. The van der Waals surface area contributed by atoms with E-state index in [4.69, 9.17) is 21.1 Å². The van der Waals surface area contributed by atoms with E-state index in [-0.39, 0.29) is 11.2 Å². The average Bonchev–Trinajstić information content (AvgIpc) is 2.39. The topological polar surface area (TPSA) is 18.5 Å². The molecule has 1 saturated heterocycles. The van der Waals surface area contributed by atoms with Gasteiger partial charge in [0, 0.05) is 24.0 Å². The summed E-state index contributed by atoms with van der Waals surface area (Å²) >= 11 is 9.48. The number of alkyl halides is 1. The van der Waals surface area contributed by atoms with E-state index in [0.29, 0.717) is 17.4 Å². The Balaban J connectivity index is 2.01. The van der Waals surface area contributed by atoms with Crippen molar-refractivity contribution in [2.24, 2.45) is 5.41 Å². The van der Waals surface area contributed by atoms with Crippen LogP contribution in [0.3, 0.4) is 0 Å². The molecule has 0 spiro atoms. The second-order valence-corrected chi connectivity index (χ2v) is 5.58. The Morgan fingerprint density at radius 3 is 2.72 bits per heavy atom. The first kappa shape index (κ1) is 14.1. The molecule has 0 aliphatic carbocycles. The summed E-state index contributed by atoms with van der Waals surface area (Å²) in [4.78, 5) is 0. The molecule has 1 aromatic carbocycles. The normalized spacial score (nSPS) is 18.6. The van der Waals surface area contributed by atoms with Crippen LogP contribution in [0.4, 0.5) is 4.39 Å². The Labute approximate surface area is 120 Å². The lowest BCUT2D eigenvalue weighted by molar-refractivity contribution is 0.00356. The van der Waals surface area contributed by atoms with Gasteiger partial charge >= 0.3 is 0 Å². The Kier molecular flexibility index (Phi) is 4.87. The predicted molar refractivity (Wildman–Crippen MR) is 73.2 cm³/mol. The standard InChI is InChI=1S/C13H15BrClFO2/c14-8-13(3-5-17-6-4-13)9-18-12-2-1-10(16)7-11(12)15/h1-2,7H,3-6,8-9H2. The molecule has 0 saturated carbocycles. The number of hydrogen-bond donors (Lipinski definition) is 0. The Morgan fingerprint density at radius 2 is 2.11 bits per heavy atom. The highest BCUT2D eigenvalue weighted by Gasteiger charge is 2.32. The van der Waals surface area contributed by atoms with Crippen LogP contribution in [0.2, 0.25) is 5.02 Å². The monoisotopic (exact) mass is 336 g/mol. The lowest BCUT2D eigenvalue weighted by atomic mass is 9.83. The van der Waals surface area contributed by atoms with Gasteiger partial charge in [0.1, 0.15) is 11.6 Å². The van der Waals surface area contributed by atoms with Gasteiger partial charge in [-0.25, -0.2) is 4.39 Å². The number of benzene rings is 1. The van der Waals surface area contributed by atoms with Crippen molar-refractivity contribution in [2.75, 3.05) is 25.2 Å². The molecule has 1 aromatic rings. The molecule has 1 aliphatic heterocycles. The van der Waals surface area contributed by atoms with Gasteiger partial charge in [-0.3, -0.25) is 0 Å². The maximum Gasteiger partial charge on any atom is 0.138 e. The van der Waals surface area contributed by atoms with Crippen LogP contribution in [0.5, 0.6) is 5.75 Å². The summed E-state index contributed by atoms with van der Waals surface area (Å²) in [5.41, 5.74) is 0.0793. The first-order chi connectivity index (χ1) is 8.65. The third-order valence-corrected chi connectivity index (χ3v) is 4.75. The van der Waals surface area contributed by atoms with Crippen LogP contribution in [0.1, 0.15) is 12.8 Å². The molecule has 0 atom stereocenters. The van der Waals surface area contributed by atoms with Crippen LogP contribution >= 0.6 is 27.5 Å². The Morgan fingerprint density at radius 1 is 1.39 bits per heavy atom. The molecule has 1 heterocycles. The van der Waals surface area contributed by atoms with E-state index < -0.39 is 0 Å². The van der Waals surface area contributed by atoms with Gasteiger partial charge in [0.25, 0.3) is 0 Å². The summed E-state index contributed by atoms with van der Waals surface area (Å²) in [6.45, 7) is 2.07. The van der Waals surface area contributed by atoms with Gasteiger partial charge < -0.3 is 9.47 Å². The van der Waals surface area contributed by atoms with Crippen molar-refractivity contribution in [1.82, 2.24) is 0 Å². The van der Waals surface area contributed by atoms with E-state index in [1.807, 2.05) is 0 Å². The summed E-state index contributed by atoms with van der Waals surface area (Å²) in [5.74, 6) is 0.179. The largest absolute Gasteiger partial charge is 0.491 e. The second kappa shape index (κ2) is 6.22. The fourth-order valence-corrected chi connectivity index (χ4v) is 2.89. The first-order valence-electron chi connectivity index (χ1n) is 5.87. The highest BCUT2D eigenvalue weighted by atomic mass is 79.9. The van der Waals surface area contributed by atoms with E-state index >= 15 is 0 Å². The summed E-state index contributed by atoms with van der Waals surface area (Å²) in [6.07, 6.45) is 1.91. The van der Waals surface area contributed by atoms with Crippen LogP contribution in [0.25, 0.3) is 0 Å². The maximum absolute atomic E-state index is 12.9. The summed E-state index contributed by atoms with van der Waals surface area (Å²) < 4.78 is 24.0. The van der Waals surface area contributed by atoms with Crippen molar-refractivity contribution >= 4 is 27.5 Å². The lowest BCUT2D eigenvalue weighted by Gasteiger charge is -2.35. The predicted octanol–water partition coefficient (Wildman–Crippen LogP) is 4.05. The number of rotatable bonds is 4. The SMILES string of the molecule is Fc1ccc(OCC2(CBr)CCOCC2)c(Cl)c1. The molecular formula is C13H15BrClFO2. The smallest absolute Gasteiger partial charge is 0.138 e. The molecule has 18 heavy (non-hydrogen) atoms. The lowest BCUT2D eigenvalue weighted by Crippen LogP contribution is -2.36. The van der Waals surface area contributed by atoms with Gasteiger partial charge in [0.2, 0.25) is 0 Å². The number of hydrogen-bond acceptors (Lipinski definition) is 2. The van der Waals surface area contributed by atoms with Crippen LogP contribution in [-0.4, -0.2) is 25.2 Å². The molecule has 0 amide bonds. The molecule has 1 fully saturated rings. The van der Waals surface area contributed by atoms with Gasteiger partial charge in [-0.15, -0.1) is 0 Å². The van der Waals surface area contributed by atoms with Crippen molar-refractivity contribution in [3.63, 3.8) is 0 Å². The van der Waals surface area contributed by atoms with Crippen LogP contribution in [0, 0.1) is 11.2 Å². The van der Waals surface area contributed by atoms with Crippen LogP contribution in [-0.2, 0) is 4.74 Å². The minimum atomic E-state index is -0.353. The molecule has 1 aliphatic rings. The fraction of sp³-hybridized carbons (Fsp3) is 0.538. The molecule has 2 nitrogen and oxygen atoms in total. The molecule has 0 unspecified atom stereocenters. The fourth-order valence-electron chi connectivity index (χ4n) is 1.94. The van der Waals surface area contributed by atoms with Crippen LogP contribution in [0.15, 0.2) is 18.2 Å². The molecular weight excluding hydrogens is 322 g/mol. The zero-order valence-electron chi connectivity index (χ0n) is 9.93. The Hall–Kier alpha value is -0.320. The molecule has 0 bridgehead atoms. The molecule has 0 N–H and O–H groups in total. The zero-order chi connectivity index (χ0) is 13.0. The van der Waals surface area contributed by atoms with Crippen molar-refractivity contribution in [3.05, 3.63) is 29.0 Å². The third-order valence-electron chi connectivity index (χ3n) is 3.26. The summed E-state index contributed by atoms with van der Waals surface area (Å²) in [5, 5.41) is 1.18. The average molecular weight is 338 g/mol. The molecule has 2 rings (SSSR count). The number of halogens is 3. The quantitative estimate of drug-likeness (QED) is 0.772. The summed E-state index contributed by atoms with van der Waals surface area (Å²) in [7, 11) is 0. The van der Waals surface area contributed by atoms with Gasteiger partial charge in [-0.1, -0.05) is 27.5 Å². The third kappa shape index (κ3) is 3.37. The van der Waals surface area contributed by atoms with Gasteiger partial charge in [0.05, 0.1) is 11.6 Å². The molecule has 0 radical (unpaired) electrons. The van der Waals surface area contributed by atoms with Gasteiger partial charge in [0.15, 0.2) is 0 Å². The second-order valence-electron chi connectivity index (χ2n) is 4.61. The van der Waals surface area contributed by atoms with Gasteiger partial charge in [-0.05, 0) is 31.0 Å². The minimum absolute atomic E-state index is 0.0793. The first-order valence-corrected chi connectivity index (χ1v) is 7.37. The highest BCUT2D eigenvalue weighted by Crippen LogP contribution is 2.34. The maximum atomic E-state index is 12.9. The van der Waals surface area contributed by atoms with Crippen molar-refractivity contribution < 1.29 is 13.9 Å². The van der Waals surface area contributed by atoms with Gasteiger partial charge in [-0.2, -0.15) is 0 Å². The van der Waals surface area contributed by atoms with E-state index in [1.165, 1.54) is 12.1 Å². The van der Waals surface area contributed by atoms with Crippen molar-refractivity contribution in [3.8, 4) is 5.75 Å². The molecule has 100 valence electrons. The molecule has 0 aromatic heterocycles. The van der Waals surface area contributed by atoms with Crippen LogP contribution < -0.4 is 4.74 Å². The van der Waals surface area contributed by atoms with Crippen molar-refractivity contribution in [1.29, 1.82) is 0 Å². The van der Waals surface area contributed by atoms with Crippen molar-refractivity contribution in [2.45, 2.75) is 12.8 Å². The Bertz CT molecular complexity index is 408. The van der Waals surface area contributed by atoms with E-state index in [2.05, 4.69) is 15.9 Å². The summed E-state index contributed by atoms with van der Waals surface area (Å²) in [6, 6.07) is 4.19.